The molecule has 0 radical (unpaired) electrons. The normalized spacial score (nSPS) is 26.5. The van der Waals surface area contributed by atoms with Gasteiger partial charge in [-0.1, -0.05) is 11.8 Å². The first-order valence-electron chi connectivity index (χ1n) is 8.66. The molecule has 1 aromatic carbocycles. The molecule has 2 bridgehead atoms. The van der Waals surface area contributed by atoms with Crippen molar-refractivity contribution in [2.24, 2.45) is 0 Å². The van der Waals surface area contributed by atoms with Crippen LogP contribution < -0.4 is 4.74 Å². The van der Waals surface area contributed by atoms with Crippen LogP contribution in [0.3, 0.4) is 0 Å². The molecule has 1 aromatic rings. The van der Waals surface area contributed by atoms with Gasteiger partial charge in [-0.3, -0.25) is 9.69 Å². The lowest BCUT2D eigenvalue weighted by molar-refractivity contribution is -0.00829. The number of methoxy groups -OCH3 is 1. The number of fused-ring (bicyclic) bond motifs is 6. The van der Waals surface area contributed by atoms with Gasteiger partial charge in [-0.15, -0.1) is 0 Å². The van der Waals surface area contributed by atoms with E-state index in [1.165, 1.54) is 11.8 Å². The lowest BCUT2D eigenvalue weighted by atomic mass is 10.2. The second-order valence-corrected chi connectivity index (χ2v) is 9.84. The van der Waals surface area contributed by atoms with E-state index in [-0.39, 0.29) is 5.12 Å². The molecule has 3 fully saturated rings. The van der Waals surface area contributed by atoms with Gasteiger partial charge in [0.25, 0.3) is 0 Å². The Kier molecular flexibility index (Phi) is 6.91. The van der Waals surface area contributed by atoms with Crippen molar-refractivity contribution in [3.05, 3.63) is 29.8 Å². The Morgan fingerprint density at radius 3 is 2.28 bits per heavy atom. The highest BCUT2D eigenvalue weighted by atomic mass is 32.2. The number of hydrogen-bond acceptors (Lipinski definition) is 7. The maximum atomic E-state index is 12.2. The van der Waals surface area contributed by atoms with Gasteiger partial charge in [-0.2, -0.15) is 0 Å². The molecule has 0 spiro atoms. The third kappa shape index (κ3) is 5.29. The molecule has 0 aromatic heterocycles. The van der Waals surface area contributed by atoms with Crippen molar-refractivity contribution in [3.63, 3.8) is 0 Å². The Labute approximate surface area is 154 Å². The molecule has 3 saturated heterocycles. The van der Waals surface area contributed by atoms with Gasteiger partial charge in [0.1, 0.15) is 5.75 Å². The van der Waals surface area contributed by atoms with Crippen LogP contribution in [-0.4, -0.2) is 71.1 Å². The van der Waals surface area contributed by atoms with Crippen LogP contribution in [0, 0.1) is 0 Å². The van der Waals surface area contributed by atoms with Gasteiger partial charge in [0.2, 0.25) is 5.12 Å². The molecule has 8 heteroatoms. The number of nitrogens with zero attached hydrogens (tertiary/aromatic N) is 1. The van der Waals surface area contributed by atoms with Crippen molar-refractivity contribution in [2.45, 2.75) is 12.5 Å². The van der Waals surface area contributed by atoms with Crippen LogP contribution in [0.25, 0.3) is 0 Å². The molecule has 0 unspecified atom stereocenters. The second kappa shape index (κ2) is 9.16. The van der Waals surface area contributed by atoms with E-state index in [0.29, 0.717) is 25.4 Å². The molecule has 0 atom stereocenters. The van der Waals surface area contributed by atoms with Gasteiger partial charge in [0.15, 0.2) is 0 Å². The summed E-state index contributed by atoms with van der Waals surface area (Å²) in [5, 5.41) is 0.0792. The van der Waals surface area contributed by atoms with Gasteiger partial charge in [0.05, 0.1) is 26.9 Å². The molecule has 3 aliphatic heterocycles. The molecule has 0 N–H and O–H groups in total. The maximum absolute atomic E-state index is 12.2. The Morgan fingerprint density at radius 2 is 1.72 bits per heavy atom. The molecular formula is C17H25NO5SSi. The molecule has 0 saturated carbocycles. The summed E-state index contributed by atoms with van der Waals surface area (Å²) in [5.41, 5.74) is 0.696. The number of hydrogen-bond donors (Lipinski definition) is 0. The standard InChI is InChI=1S/C17H25NO5SSi/c1-20-16-5-3-15(4-6-16)17(19)24-13-2-14-25-21-10-7-18(8-11-22-25)9-12-23-25/h3-6H,2,7-14H2,1H3. The third-order valence-corrected chi connectivity index (χ3v) is 8.26. The minimum absolute atomic E-state index is 0.0792. The average molecular weight is 384 g/mol. The highest BCUT2D eigenvalue weighted by Gasteiger charge is 2.43. The van der Waals surface area contributed by atoms with Crippen molar-refractivity contribution in [3.8, 4) is 5.75 Å². The van der Waals surface area contributed by atoms with Crippen LogP contribution in [0.4, 0.5) is 0 Å². The van der Waals surface area contributed by atoms with Crippen LogP contribution in [0.2, 0.25) is 6.04 Å². The molecule has 25 heavy (non-hydrogen) atoms. The van der Waals surface area contributed by atoms with E-state index >= 15 is 0 Å². The SMILES string of the molecule is COc1ccc(C(=O)SCCC[Si]23OCCN(CCO2)CCO3)cc1. The molecule has 3 aliphatic rings. The minimum atomic E-state index is -2.56. The van der Waals surface area contributed by atoms with Crippen molar-refractivity contribution >= 4 is 25.7 Å². The Balaban J connectivity index is 1.45. The fraction of sp³-hybridized carbons (Fsp3) is 0.588. The van der Waals surface area contributed by atoms with Crippen LogP contribution in [0.5, 0.6) is 5.75 Å². The van der Waals surface area contributed by atoms with Crippen molar-refractivity contribution in [1.82, 2.24) is 4.90 Å². The third-order valence-electron chi connectivity index (χ3n) is 4.37. The number of carbonyl (C=O) groups excluding carboxylic acids is 1. The quantitative estimate of drug-likeness (QED) is 0.552. The van der Waals surface area contributed by atoms with E-state index < -0.39 is 8.80 Å². The number of carbonyl (C=O) groups is 1. The molecular weight excluding hydrogens is 358 g/mol. The van der Waals surface area contributed by atoms with Crippen LogP contribution >= 0.6 is 11.8 Å². The summed E-state index contributed by atoms with van der Waals surface area (Å²) >= 11 is 1.34. The highest BCUT2D eigenvalue weighted by Crippen LogP contribution is 2.24. The first-order valence-corrected chi connectivity index (χ1v) is 11.6. The summed E-state index contributed by atoms with van der Waals surface area (Å²) in [4.78, 5) is 14.5. The Bertz CT molecular complexity index is 544. The molecule has 4 rings (SSSR count). The number of ether oxygens (including phenoxy) is 1. The monoisotopic (exact) mass is 383 g/mol. The minimum Gasteiger partial charge on any atom is -0.497 e. The number of rotatable bonds is 6. The van der Waals surface area contributed by atoms with Gasteiger partial charge in [0, 0.05) is 37.0 Å². The van der Waals surface area contributed by atoms with Gasteiger partial charge in [-0.05, 0) is 30.7 Å². The zero-order chi connectivity index (χ0) is 17.5. The van der Waals surface area contributed by atoms with Crippen LogP contribution in [-0.2, 0) is 13.3 Å². The molecule has 0 aliphatic carbocycles. The summed E-state index contributed by atoms with van der Waals surface area (Å²) in [6.45, 7) is 4.86. The first kappa shape index (κ1) is 18.9. The summed E-state index contributed by atoms with van der Waals surface area (Å²) < 4.78 is 23.1. The lowest BCUT2D eigenvalue weighted by Gasteiger charge is -2.38. The van der Waals surface area contributed by atoms with E-state index in [4.69, 9.17) is 18.0 Å². The van der Waals surface area contributed by atoms with E-state index in [2.05, 4.69) is 4.90 Å². The fourth-order valence-corrected chi connectivity index (χ4v) is 6.46. The van der Waals surface area contributed by atoms with E-state index in [1.54, 1.807) is 19.2 Å². The predicted octanol–water partition coefficient (Wildman–Crippen LogP) is 2.28. The van der Waals surface area contributed by atoms with E-state index in [9.17, 15) is 4.79 Å². The second-order valence-electron chi connectivity index (χ2n) is 6.04. The predicted molar refractivity (Wildman–Crippen MR) is 99.3 cm³/mol. The Hall–Kier alpha value is -0.903. The molecule has 0 amide bonds. The van der Waals surface area contributed by atoms with E-state index in [0.717, 1.165) is 43.6 Å². The summed E-state index contributed by atoms with van der Waals surface area (Å²) in [6, 6.07) is 7.98. The molecule has 3 heterocycles. The number of benzene rings is 1. The fourth-order valence-electron chi connectivity index (χ4n) is 2.93. The zero-order valence-corrected chi connectivity index (χ0v) is 16.4. The zero-order valence-electron chi connectivity index (χ0n) is 14.6. The smallest absolute Gasteiger partial charge is 0.497 e. The van der Waals surface area contributed by atoms with Gasteiger partial charge in [-0.25, -0.2) is 0 Å². The summed E-state index contributed by atoms with van der Waals surface area (Å²) in [7, 11) is -0.944. The molecule has 6 nitrogen and oxygen atoms in total. The van der Waals surface area contributed by atoms with Crippen LogP contribution in [0.1, 0.15) is 16.8 Å². The number of thioether (sulfide) groups is 1. The van der Waals surface area contributed by atoms with E-state index in [1.807, 2.05) is 12.1 Å². The van der Waals surface area contributed by atoms with Crippen molar-refractivity contribution in [1.29, 1.82) is 0 Å². The van der Waals surface area contributed by atoms with Gasteiger partial charge < -0.3 is 18.0 Å². The Morgan fingerprint density at radius 1 is 1.12 bits per heavy atom. The van der Waals surface area contributed by atoms with Crippen molar-refractivity contribution in [2.75, 3.05) is 52.3 Å². The van der Waals surface area contributed by atoms with Crippen molar-refractivity contribution < 1.29 is 22.8 Å². The largest absolute Gasteiger partial charge is 0.501 e. The first-order chi connectivity index (χ1) is 12.2. The summed E-state index contributed by atoms with van der Waals surface area (Å²) in [5.74, 6) is 1.49. The average Bonchev–Trinajstić information content (AvgIpc) is 2.59. The van der Waals surface area contributed by atoms with Gasteiger partial charge >= 0.3 is 8.80 Å². The summed E-state index contributed by atoms with van der Waals surface area (Å²) in [6.07, 6.45) is 0.850. The van der Waals surface area contributed by atoms with Crippen LogP contribution in [0.15, 0.2) is 24.3 Å². The lowest BCUT2D eigenvalue weighted by Crippen LogP contribution is -2.55. The topological polar surface area (TPSA) is 57.2 Å². The molecule has 138 valence electrons. The highest BCUT2D eigenvalue weighted by molar-refractivity contribution is 8.14. The maximum Gasteiger partial charge on any atom is 0.501 e.